The van der Waals surface area contributed by atoms with E-state index < -0.39 is 17.3 Å². The molecule has 1 fully saturated rings. The number of allylic oxidation sites excluding steroid dienone is 2. The number of ether oxygens (including phenoxy) is 1. The van der Waals surface area contributed by atoms with Gasteiger partial charge in [0, 0.05) is 30.3 Å². The van der Waals surface area contributed by atoms with Crippen molar-refractivity contribution in [1.82, 2.24) is 19.7 Å². The molecule has 0 saturated carbocycles. The fraction of sp³-hybridized carbons (Fsp3) is 0.333. The highest BCUT2D eigenvalue weighted by Gasteiger charge is 2.23. The zero-order valence-corrected chi connectivity index (χ0v) is 27.1. The highest BCUT2D eigenvalue weighted by atomic mass is 19.1. The third-order valence-electron chi connectivity index (χ3n) is 8.38. The van der Waals surface area contributed by atoms with Gasteiger partial charge in [-0.2, -0.15) is 9.78 Å². The maximum Gasteiger partial charge on any atom is 0.282 e. The van der Waals surface area contributed by atoms with Gasteiger partial charge in [0.15, 0.2) is 0 Å². The molecule has 1 amide bonds. The summed E-state index contributed by atoms with van der Waals surface area (Å²) in [5.74, 6) is -0.396. The lowest BCUT2D eigenvalue weighted by Gasteiger charge is -2.20. The summed E-state index contributed by atoms with van der Waals surface area (Å²) in [4.78, 5) is 33.0. The van der Waals surface area contributed by atoms with Gasteiger partial charge in [-0.05, 0) is 90.9 Å². The number of pyridine rings is 1. The number of likely N-dealkylation sites (N-methyl/N-ethyl adjacent to an activating group) is 1. The number of halogens is 1. The van der Waals surface area contributed by atoms with Crippen LogP contribution in [0.25, 0.3) is 22.0 Å². The van der Waals surface area contributed by atoms with E-state index in [9.17, 15) is 9.59 Å². The number of likely N-dealkylation sites (tertiary alicyclic amines) is 1. The van der Waals surface area contributed by atoms with Crippen LogP contribution in [0.4, 0.5) is 10.2 Å². The minimum Gasteiger partial charge on any atom is -0.377 e. The van der Waals surface area contributed by atoms with Crippen LogP contribution in [0.2, 0.25) is 0 Å². The van der Waals surface area contributed by atoms with Gasteiger partial charge in [0.2, 0.25) is 0 Å². The Kier molecular flexibility index (Phi) is 9.50. The first-order valence-electron chi connectivity index (χ1n) is 15.4. The first kappa shape index (κ1) is 32.7. The second-order valence-electron chi connectivity index (χ2n) is 12.8. The minimum absolute atomic E-state index is 0.0480. The maximum atomic E-state index is 15.4. The van der Waals surface area contributed by atoms with E-state index in [2.05, 4.69) is 33.9 Å². The van der Waals surface area contributed by atoms with Gasteiger partial charge in [-0.1, -0.05) is 45.5 Å². The molecule has 2 aromatic carbocycles. The first-order chi connectivity index (χ1) is 21.9. The molecule has 1 aliphatic heterocycles. The number of benzene rings is 2. The van der Waals surface area contributed by atoms with E-state index in [1.165, 1.54) is 16.9 Å². The van der Waals surface area contributed by atoms with Gasteiger partial charge >= 0.3 is 0 Å². The number of rotatable bonds is 10. The van der Waals surface area contributed by atoms with E-state index in [-0.39, 0.29) is 23.1 Å². The lowest BCUT2D eigenvalue weighted by molar-refractivity contribution is -0.114. The predicted molar refractivity (Wildman–Crippen MR) is 180 cm³/mol. The Morgan fingerprint density at radius 2 is 2.00 bits per heavy atom. The number of carbonyl (C=O) groups excluding carboxylic acids is 1. The molecular weight excluding hydrogens is 583 g/mol. The van der Waals surface area contributed by atoms with E-state index in [1.807, 2.05) is 52.1 Å². The van der Waals surface area contributed by atoms with Crippen LogP contribution in [0, 0.1) is 5.82 Å². The van der Waals surface area contributed by atoms with Crippen LogP contribution in [-0.4, -0.2) is 52.3 Å². The Hall–Kier alpha value is -4.67. The number of primary amides is 1. The molecule has 9 nitrogen and oxygen atoms in total. The molecule has 10 heteroatoms. The predicted octanol–water partition coefficient (Wildman–Crippen LogP) is 5.67. The highest BCUT2D eigenvalue weighted by molar-refractivity contribution is 5.98. The molecule has 0 bridgehead atoms. The van der Waals surface area contributed by atoms with Crippen molar-refractivity contribution in [3.8, 4) is 5.69 Å². The minimum atomic E-state index is -0.690. The Morgan fingerprint density at radius 1 is 1.22 bits per heavy atom. The van der Waals surface area contributed by atoms with Gasteiger partial charge in [-0.3, -0.25) is 9.59 Å². The van der Waals surface area contributed by atoms with Crippen molar-refractivity contribution in [2.24, 2.45) is 5.73 Å². The number of carbonyl (C=O) groups is 1. The summed E-state index contributed by atoms with van der Waals surface area (Å²) >= 11 is 0. The van der Waals surface area contributed by atoms with Crippen molar-refractivity contribution < 1.29 is 13.9 Å². The van der Waals surface area contributed by atoms with Crippen LogP contribution in [0.3, 0.4) is 0 Å². The van der Waals surface area contributed by atoms with Gasteiger partial charge in [0.1, 0.15) is 17.3 Å². The largest absolute Gasteiger partial charge is 0.377 e. The number of hydrogen-bond acceptors (Lipinski definition) is 7. The fourth-order valence-electron chi connectivity index (χ4n) is 5.75. The molecule has 0 radical (unpaired) electrons. The monoisotopic (exact) mass is 624 g/mol. The van der Waals surface area contributed by atoms with Crippen molar-refractivity contribution >= 4 is 28.1 Å². The van der Waals surface area contributed by atoms with Crippen molar-refractivity contribution in [2.75, 3.05) is 32.1 Å². The van der Waals surface area contributed by atoms with Crippen LogP contribution in [0.5, 0.6) is 0 Å². The molecule has 0 spiro atoms. The Morgan fingerprint density at radius 3 is 2.63 bits per heavy atom. The molecule has 3 heterocycles. The van der Waals surface area contributed by atoms with Gasteiger partial charge < -0.3 is 20.7 Å². The second-order valence-corrected chi connectivity index (χ2v) is 12.8. The number of anilines is 1. The van der Waals surface area contributed by atoms with E-state index in [4.69, 9.17) is 10.5 Å². The van der Waals surface area contributed by atoms with E-state index in [1.54, 1.807) is 24.3 Å². The quantitative estimate of drug-likeness (QED) is 0.173. The molecule has 1 saturated heterocycles. The average molecular weight is 625 g/mol. The first-order valence-corrected chi connectivity index (χ1v) is 15.4. The third kappa shape index (κ3) is 6.93. The third-order valence-corrected chi connectivity index (χ3v) is 8.38. The number of fused-ring (bicyclic) bond motifs is 1. The molecule has 0 aliphatic carbocycles. The van der Waals surface area contributed by atoms with Gasteiger partial charge in [-0.15, -0.1) is 0 Å². The van der Waals surface area contributed by atoms with E-state index in [0.717, 1.165) is 30.6 Å². The SMILES string of the molecule is C=C(/C=C(/Nc1ccc(C2CCN(C)C2)cn1)C(N)=O)c1cccc(-n2ncc3cc(C(C)(C)C)cc(F)c3c2=O)c1COCC. The van der Waals surface area contributed by atoms with Crippen LogP contribution < -0.4 is 16.6 Å². The van der Waals surface area contributed by atoms with Crippen LogP contribution in [0.1, 0.15) is 62.3 Å². The lowest BCUT2D eigenvalue weighted by atomic mass is 9.86. The van der Waals surface area contributed by atoms with E-state index in [0.29, 0.717) is 46.1 Å². The highest BCUT2D eigenvalue weighted by Crippen LogP contribution is 2.30. The Labute approximate surface area is 268 Å². The molecule has 1 aliphatic rings. The standard InChI is InChI=1S/C36H41FN6O3/c1-7-46-21-28-27(22(2)15-30(34(38)44)41-32-12-11-23(18-39-32)24-13-14-42(6)20-24)9-8-10-31(28)43-35(45)33-25(19-40-43)16-26(17-29(33)37)36(3,4)5/h8-12,15-19,24H,2,7,13-14,20-21H2,1,3-6H3,(H2,38,44)(H,39,41)/b30-15+. The van der Waals surface area contributed by atoms with Gasteiger partial charge in [0.25, 0.3) is 11.5 Å². The molecule has 3 N–H and O–H groups in total. The smallest absolute Gasteiger partial charge is 0.282 e. The summed E-state index contributed by atoms with van der Waals surface area (Å²) in [6, 6.07) is 12.3. The van der Waals surface area contributed by atoms with Crippen molar-refractivity contribution in [3.05, 3.63) is 112 Å². The lowest BCUT2D eigenvalue weighted by Crippen LogP contribution is -2.24. The summed E-state index contributed by atoms with van der Waals surface area (Å²) in [6.07, 6.45) is 5.95. The van der Waals surface area contributed by atoms with Crippen LogP contribution in [0.15, 0.2) is 78.0 Å². The van der Waals surface area contributed by atoms with E-state index >= 15 is 4.39 Å². The van der Waals surface area contributed by atoms with Crippen molar-refractivity contribution in [2.45, 2.75) is 52.1 Å². The Balaban J connectivity index is 1.51. The summed E-state index contributed by atoms with van der Waals surface area (Å²) in [7, 11) is 2.11. The average Bonchev–Trinajstić information content (AvgIpc) is 3.45. The summed E-state index contributed by atoms with van der Waals surface area (Å²) in [6.45, 7) is 14.6. The van der Waals surface area contributed by atoms with Gasteiger partial charge in [0.05, 0.1) is 23.9 Å². The topological polar surface area (TPSA) is 115 Å². The Bertz CT molecular complexity index is 1870. The number of nitrogens with zero attached hydrogens (tertiary/aromatic N) is 4. The molecule has 1 atom stereocenters. The molecule has 2 aromatic heterocycles. The molecule has 46 heavy (non-hydrogen) atoms. The molecule has 5 rings (SSSR count). The van der Waals surface area contributed by atoms with Crippen LogP contribution in [-0.2, 0) is 21.6 Å². The number of amides is 1. The van der Waals surface area contributed by atoms with Crippen molar-refractivity contribution in [1.29, 1.82) is 0 Å². The molecule has 4 aromatic rings. The summed E-state index contributed by atoms with van der Waals surface area (Å²) < 4.78 is 22.4. The maximum absolute atomic E-state index is 15.4. The normalized spacial score (nSPS) is 15.8. The zero-order valence-electron chi connectivity index (χ0n) is 27.1. The molecular formula is C36H41FN6O3. The summed E-state index contributed by atoms with van der Waals surface area (Å²) in [5.41, 5.74) is 8.93. The second kappa shape index (κ2) is 13.4. The van der Waals surface area contributed by atoms with Crippen LogP contribution >= 0.6 is 0 Å². The summed E-state index contributed by atoms with van der Waals surface area (Å²) in [5, 5.41) is 7.84. The number of nitrogens with one attached hydrogen (secondary N) is 1. The number of hydrogen-bond donors (Lipinski definition) is 2. The van der Waals surface area contributed by atoms with Gasteiger partial charge in [-0.25, -0.2) is 9.37 Å². The molecule has 1 unspecified atom stereocenters. The molecule has 240 valence electrons. The fourth-order valence-corrected chi connectivity index (χ4v) is 5.75. The zero-order chi connectivity index (χ0) is 33.2. The van der Waals surface area contributed by atoms with Crippen molar-refractivity contribution in [3.63, 3.8) is 0 Å². The number of aromatic nitrogens is 3. The number of nitrogens with two attached hydrogens (primary N) is 1.